The zero-order chi connectivity index (χ0) is 10.2. The molecule has 1 aliphatic rings. The van der Waals surface area contributed by atoms with Crippen LogP contribution in [0.4, 0.5) is 0 Å². The van der Waals surface area contributed by atoms with Crippen molar-refractivity contribution >= 4 is 0 Å². The van der Waals surface area contributed by atoms with Crippen LogP contribution < -0.4 is 5.32 Å². The molecule has 0 aromatic carbocycles. The van der Waals surface area contributed by atoms with Crippen molar-refractivity contribution in [1.29, 1.82) is 0 Å². The summed E-state index contributed by atoms with van der Waals surface area (Å²) in [4.78, 5) is 2.36. The number of aliphatic hydroxyl groups excluding tert-OH is 1. The van der Waals surface area contributed by atoms with Crippen molar-refractivity contribution in [1.82, 2.24) is 10.2 Å². The van der Waals surface area contributed by atoms with E-state index in [1.807, 2.05) is 0 Å². The lowest BCUT2D eigenvalue weighted by Gasteiger charge is -2.30. The highest BCUT2D eigenvalue weighted by molar-refractivity contribution is 4.75. The molecule has 1 fully saturated rings. The molecule has 0 spiro atoms. The van der Waals surface area contributed by atoms with Crippen molar-refractivity contribution in [3.05, 3.63) is 0 Å². The average Bonchev–Trinajstić information content (AvgIpc) is 2.18. The lowest BCUT2D eigenvalue weighted by Crippen LogP contribution is -2.44. The van der Waals surface area contributed by atoms with Gasteiger partial charge < -0.3 is 20.1 Å². The lowest BCUT2D eigenvalue weighted by molar-refractivity contribution is 0.0904. The van der Waals surface area contributed by atoms with Crippen LogP contribution in [0, 0.1) is 0 Å². The molecule has 84 valence electrons. The third-order valence-corrected chi connectivity index (χ3v) is 2.54. The number of likely N-dealkylation sites (tertiary alicyclic amines) is 1. The first-order chi connectivity index (χ1) is 6.83. The molecule has 0 amide bonds. The molecule has 4 heteroatoms. The highest BCUT2D eigenvalue weighted by Crippen LogP contribution is 2.07. The van der Waals surface area contributed by atoms with Crippen molar-refractivity contribution in [2.75, 3.05) is 46.5 Å². The smallest absolute Gasteiger partial charge is 0.0698 e. The highest BCUT2D eigenvalue weighted by atomic mass is 16.5. The summed E-state index contributed by atoms with van der Waals surface area (Å²) in [5, 5.41) is 12.0. The quantitative estimate of drug-likeness (QED) is 0.579. The highest BCUT2D eigenvalue weighted by Gasteiger charge is 2.15. The number of hydrogen-bond acceptors (Lipinski definition) is 4. The molecule has 1 unspecified atom stereocenters. The number of nitrogens with zero attached hydrogens (tertiary/aromatic N) is 1. The lowest BCUT2D eigenvalue weighted by atomic mass is 10.1. The first kappa shape index (κ1) is 11.9. The largest absolute Gasteiger partial charge is 0.394 e. The molecule has 14 heavy (non-hydrogen) atoms. The van der Waals surface area contributed by atoms with E-state index in [0.29, 0.717) is 19.3 Å². The van der Waals surface area contributed by atoms with Gasteiger partial charge in [-0.3, -0.25) is 0 Å². The van der Waals surface area contributed by atoms with Gasteiger partial charge in [0.2, 0.25) is 0 Å². The second kappa shape index (κ2) is 7.17. The van der Waals surface area contributed by atoms with E-state index < -0.39 is 0 Å². The molecule has 1 rings (SSSR count). The number of rotatable bonds is 6. The van der Waals surface area contributed by atoms with E-state index in [9.17, 15) is 0 Å². The molecule has 0 bridgehead atoms. The molecule has 0 aromatic rings. The van der Waals surface area contributed by atoms with Crippen LogP contribution in [0.5, 0.6) is 0 Å². The zero-order valence-electron chi connectivity index (χ0n) is 9.04. The molecule has 4 nitrogen and oxygen atoms in total. The summed E-state index contributed by atoms with van der Waals surface area (Å²) in [7, 11) is 2.16. The Kier molecular flexibility index (Phi) is 6.10. The molecular formula is C10H22N2O2. The van der Waals surface area contributed by atoms with Crippen LogP contribution >= 0.6 is 0 Å². The summed E-state index contributed by atoms with van der Waals surface area (Å²) < 4.78 is 5.17. The number of nitrogens with one attached hydrogen (secondary N) is 1. The second-order valence-corrected chi connectivity index (χ2v) is 3.89. The predicted octanol–water partition coefficient (Wildman–Crippen LogP) is -0.321. The molecule has 1 aliphatic heterocycles. The van der Waals surface area contributed by atoms with Crippen molar-refractivity contribution in [2.45, 2.75) is 18.9 Å². The van der Waals surface area contributed by atoms with Gasteiger partial charge in [0, 0.05) is 19.1 Å². The minimum absolute atomic E-state index is 0.117. The van der Waals surface area contributed by atoms with E-state index in [1.165, 1.54) is 19.4 Å². The van der Waals surface area contributed by atoms with Gasteiger partial charge in [0.05, 0.1) is 19.8 Å². The Morgan fingerprint density at radius 2 is 2.36 bits per heavy atom. The summed E-state index contributed by atoms with van der Waals surface area (Å²) in [6.07, 6.45) is 2.55. The van der Waals surface area contributed by atoms with Crippen LogP contribution in [0.1, 0.15) is 12.8 Å². The molecule has 1 atom stereocenters. The number of aliphatic hydroxyl groups is 1. The summed E-state index contributed by atoms with van der Waals surface area (Å²) in [6, 6.07) is 0.617. The van der Waals surface area contributed by atoms with Crippen LogP contribution in [0.2, 0.25) is 0 Å². The first-order valence-electron chi connectivity index (χ1n) is 5.43. The van der Waals surface area contributed by atoms with E-state index in [2.05, 4.69) is 17.3 Å². The topological polar surface area (TPSA) is 44.7 Å². The maximum Gasteiger partial charge on any atom is 0.0698 e. The number of ether oxygens (including phenoxy) is 1. The van der Waals surface area contributed by atoms with Crippen LogP contribution in [0.25, 0.3) is 0 Å². The van der Waals surface area contributed by atoms with Crippen molar-refractivity contribution in [3.63, 3.8) is 0 Å². The molecule has 0 saturated carbocycles. The predicted molar refractivity (Wildman–Crippen MR) is 56.4 cm³/mol. The molecule has 0 radical (unpaired) electrons. The fraction of sp³-hybridized carbons (Fsp3) is 1.00. The van der Waals surface area contributed by atoms with Gasteiger partial charge in [-0.1, -0.05) is 0 Å². The number of hydrogen-bond donors (Lipinski definition) is 2. The Morgan fingerprint density at radius 1 is 1.50 bits per heavy atom. The minimum atomic E-state index is 0.117. The molecular weight excluding hydrogens is 180 g/mol. The van der Waals surface area contributed by atoms with Gasteiger partial charge >= 0.3 is 0 Å². The third kappa shape index (κ3) is 4.91. The fourth-order valence-electron chi connectivity index (χ4n) is 1.83. The van der Waals surface area contributed by atoms with Crippen LogP contribution in [0.3, 0.4) is 0 Å². The second-order valence-electron chi connectivity index (χ2n) is 3.89. The number of piperidine rings is 1. The summed E-state index contributed by atoms with van der Waals surface area (Å²) >= 11 is 0. The molecule has 1 saturated heterocycles. The van der Waals surface area contributed by atoms with Gasteiger partial charge in [-0.05, 0) is 26.4 Å². The minimum Gasteiger partial charge on any atom is -0.394 e. The Morgan fingerprint density at radius 3 is 3.07 bits per heavy atom. The Bertz CT molecular complexity index is 144. The maximum atomic E-state index is 8.50. The molecule has 0 aromatic heterocycles. The summed E-state index contributed by atoms with van der Waals surface area (Å²) in [6.45, 7) is 4.51. The van der Waals surface area contributed by atoms with Crippen LogP contribution in [-0.2, 0) is 4.74 Å². The van der Waals surface area contributed by atoms with E-state index in [4.69, 9.17) is 9.84 Å². The van der Waals surface area contributed by atoms with Crippen LogP contribution in [0.15, 0.2) is 0 Å². The van der Waals surface area contributed by atoms with Gasteiger partial charge in [0.1, 0.15) is 0 Å². The van der Waals surface area contributed by atoms with E-state index >= 15 is 0 Å². The third-order valence-electron chi connectivity index (χ3n) is 2.54. The van der Waals surface area contributed by atoms with E-state index in [-0.39, 0.29) is 6.61 Å². The summed E-state index contributed by atoms with van der Waals surface area (Å²) in [5.74, 6) is 0. The van der Waals surface area contributed by atoms with Gasteiger partial charge in [0.25, 0.3) is 0 Å². The van der Waals surface area contributed by atoms with E-state index in [1.54, 1.807) is 0 Å². The SMILES string of the molecule is CN1CCCC(NCCOCCO)C1. The zero-order valence-corrected chi connectivity index (χ0v) is 9.04. The Balaban J connectivity index is 1.95. The Labute approximate surface area is 86.2 Å². The monoisotopic (exact) mass is 202 g/mol. The number of likely N-dealkylation sites (N-methyl/N-ethyl adjacent to an activating group) is 1. The summed E-state index contributed by atoms with van der Waals surface area (Å²) in [5.41, 5.74) is 0. The first-order valence-corrected chi connectivity index (χ1v) is 5.43. The average molecular weight is 202 g/mol. The van der Waals surface area contributed by atoms with Crippen LogP contribution in [-0.4, -0.2) is 62.6 Å². The maximum absolute atomic E-state index is 8.50. The van der Waals surface area contributed by atoms with Crippen molar-refractivity contribution in [2.24, 2.45) is 0 Å². The molecule has 2 N–H and O–H groups in total. The van der Waals surface area contributed by atoms with Crippen molar-refractivity contribution < 1.29 is 9.84 Å². The van der Waals surface area contributed by atoms with Gasteiger partial charge in [-0.2, -0.15) is 0 Å². The van der Waals surface area contributed by atoms with Gasteiger partial charge in [0.15, 0.2) is 0 Å². The van der Waals surface area contributed by atoms with E-state index in [0.717, 1.165) is 13.1 Å². The van der Waals surface area contributed by atoms with Crippen molar-refractivity contribution in [3.8, 4) is 0 Å². The molecule has 1 heterocycles. The standard InChI is InChI=1S/C10H22N2O2/c1-12-5-2-3-10(9-12)11-4-7-14-8-6-13/h10-11,13H,2-9H2,1H3. The normalized spacial score (nSPS) is 24.0. The fourth-order valence-corrected chi connectivity index (χ4v) is 1.83. The Hall–Kier alpha value is -0.160. The van der Waals surface area contributed by atoms with Gasteiger partial charge in [-0.15, -0.1) is 0 Å². The van der Waals surface area contributed by atoms with Gasteiger partial charge in [-0.25, -0.2) is 0 Å². The molecule has 0 aliphatic carbocycles.